The number of carbonyl (C=O) groups is 1. The van der Waals surface area contributed by atoms with Crippen LogP contribution in [0.3, 0.4) is 0 Å². The van der Waals surface area contributed by atoms with Gasteiger partial charge in [-0.3, -0.25) is 9.52 Å². The summed E-state index contributed by atoms with van der Waals surface area (Å²) in [7, 11) is -3.99. The van der Waals surface area contributed by atoms with Crippen LogP contribution >= 0.6 is 35.0 Å². The van der Waals surface area contributed by atoms with Crippen molar-refractivity contribution < 1.29 is 17.6 Å². The number of halogens is 3. The number of nitrogens with one attached hydrogen (secondary N) is 2. The molecule has 0 bridgehead atoms. The standard InChI is InChI=1S/C23H21Cl2FN2O3S2/c1-15-5-8-17(9-6-15)28-33(30,31)22-13-16(7-10-20(22)25)23(29)27-11-12-32-14-18-19(24)3-2-4-21(18)26/h2-10,13,28H,11-12,14H2,1H3,(H,27,29). The van der Waals surface area contributed by atoms with Crippen LogP contribution in [0, 0.1) is 12.7 Å². The molecular weight excluding hydrogens is 506 g/mol. The summed E-state index contributed by atoms with van der Waals surface area (Å²) in [5, 5.41) is 3.09. The molecule has 0 atom stereocenters. The fourth-order valence-corrected chi connectivity index (χ4v) is 5.65. The average Bonchev–Trinajstić information content (AvgIpc) is 2.76. The number of sulfonamides is 1. The summed E-state index contributed by atoms with van der Waals surface area (Å²) in [4.78, 5) is 12.3. The Morgan fingerprint density at radius 3 is 2.45 bits per heavy atom. The Kier molecular flexibility index (Phi) is 8.64. The lowest BCUT2D eigenvalue weighted by atomic mass is 10.2. The molecule has 10 heteroatoms. The minimum atomic E-state index is -3.99. The van der Waals surface area contributed by atoms with Crippen LogP contribution in [0.5, 0.6) is 0 Å². The van der Waals surface area contributed by atoms with Crippen molar-refractivity contribution in [3.63, 3.8) is 0 Å². The maximum atomic E-state index is 13.8. The molecule has 3 aromatic carbocycles. The predicted molar refractivity (Wildman–Crippen MR) is 133 cm³/mol. The van der Waals surface area contributed by atoms with Gasteiger partial charge in [0.05, 0.1) is 5.02 Å². The van der Waals surface area contributed by atoms with Crippen molar-refractivity contribution in [1.29, 1.82) is 0 Å². The van der Waals surface area contributed by atoms with Gasteiger partial charge in [0, 0.05) is 39.9 Å². The Balaban J connectivity index is 1.60. The third-order valence-electron chi connectivity index (χ3n) is 4.63. The van der Waals surface area contributed by atoms with Gasteiger partial charge in [0.2, 0.25) is 0 Å². The minimum absolute atomic E-state index is 0.00323. The first-order chi connectivity index (χ1) is 15.7. The third kappa shape index (κ3) is 6.86. The second-order valence-corrected chi connectivity index (χ2v) is 10.7. The van der Waals surface area contributed by atoms with Gasteiger partial charge in [-0.15, -0.1) is 0 Å². The van der Waals surface area contributed by atoms with Gasteiger partial charge in [-0.2, -0.15) is 11.8 Å². The number of hydrogen-bond donors (Lipinski definition) is 2. The van der Waals surface area contributed by atoms with Crippen LogP contribution in [0.4, 0.5) is 10.1 Å². The summed E-state index contributed by atoms with van der Waals surface area (Å²) in [6.45, 7) is 2.20. The van der Waals surface area contributed by atoms with Crippen molar-refractivity contribution in [2.24, 2.45) is 0 Å². The highest BCUT2D eigenvalue weighted by Gasteiger charge is 2.20. The Labute approximate surface area is 206 Å². The van der Waals surface area contributed by atoms with E-state index < -0.39 is 15.9 Å². The topological polar surface area (TPSA) is 75.3 Å². The lowest BCUT2D eigenvalue weighted by molar-refractivity contribution is 0.0956. The molecule has 0 fully saturated rings. The number of rotatable bonds is 9. The molecule has 3 rings (SSSR count). The largest absolute Gasteiger partial charge is 0.351 e. The van der Waals surface area contributed by atoms with E-state index in [4.69, 9.17) is 23.2 Å². The zero-order chi connectivity index (χ0) is 24.0. The zero-order valence-electron chi connectivity index (χ0n) is 17.6. The molecule has 0 radical (unpaired) electrons. The predicted octanol–water partition coefficient (Wildman–Crippen LogP) is 5.90. The number of hydrogen-bond acceptors (Lipinski definition) is 4. The molecule has 174 valence electrons. The van der Waals surface area contributed by atoms with Crippen LogP contribution in [0.2, 0.25) is 10.0 Å². The summed E-state index contributed by atoms with van der Waals surface area (Å²) < 4.78 is 41.9. The summed E-state index contributed by atoms with van der Waals surface area (Å²) in [5.74, 6) is 0.0793. The first-order valence-corrected chi connectivity index (χ1v) is 13.2. The van der Waals surface area contributed by atoms with Gasteiger partial charge in [0.1, 0.15) is 10.7 Å². The lowest BCUT2D eigenvalue weighted by Gasteiger charge is -2.12. The maximum Gasteiger partial charge on any atom is 0.263 e. The van der Waals surface area contributed by atoms with E-state index in [2.05, 4.69) is 10.0 Å². The fourth-order valence-electron chi connectivity index (χ4n) is 2.87. The zero-order valence-corrected chi connectivity index (χ0v) is 20.7. The van der Waals surface area contributed by atoms with Crippen LogP contribution in [-0.4, -0.2) is 26.6 Å². The van der Waals surface area contributed by atoms with E-state index >= 15 is 0 Å². The molecule has 1 amide bonds. The molecule has 0 aliphatic heterocycles. The molecule has 33 heavy (non-hydrogen) atoms. The smallest absolute Gasteiger partial charge is 0.263 e. The molecular formula is C23H21Cl2FN2O3S2. The maximum absolute atomic E-state index is 13.8. The third-order valence-corrected chi connectivity index (χ3v) is 7.83. The van der Waals surface area contributed by atoms with E-state index in [1.165, 1.54) is 36.0 Å². The normalized spacial score (nSPS) is 11.3. The van der Waals surface area contributed by atoms with Gasteiger partial charge in [-0.25, -0.2) is 12.8 Å². The highest BCUT2D eigenvalue weighted by atomic mass is 35.5. The second kappa shape index (κ2) is 11.2. The van der Waals surface area contributed by atoms with Crippen molar-refractivity contribution in [3.05, 3.63) is 93.2 Å². The SMILES string of the molecule is Cc1ccc(NS(=O)(=O)c2cc(C(=O)NCCSCc3c(F)cccc3Cl)ccc2Cl)cc1. The number of amides is 1. The summed E-state index contributed by atoms with van der Waals surface area (Å²) in [6.07, 6.45) is 0. The van der Waals surface area contributed by atoms with Crippen molar-refractivity contribution >= 4 is 56.6 Å². The van der Waals surface area contributed by atoms with Crippen molar-refractivity contribution in [3.8, 4) is 0 Å². The molecule has 0 aromatic heterocycles. The molecule has 0 spiro atoms. The van der Waals surface area contributed by atoms with Crippen LogP contribution in [0.15, 0.2) is 65.6 Å². The van der Waals surface area contributed by atoms with E-state index in [0.29, 0.717) is 34.3 Å². The highest BCUT2D eigenvalue weighted by Crippen LogP contribution is 2.26. The lowest BCUT2D eigenvalue weighted by Crippen LogP contribution is -2.26. The Bertz CT molecular complexity index is 1230. The monoisotopic (exact) mass is 526 g/mol. The highest BCUT2D eigenvalue weighted by molar-refractivity contribution is 7.98. The van der Waals surface area contributed by atoms with Gasteiger partial charge in [-0.05, 0) is 49.4 Å². The van der Waals surface area contributed by atoms with Gasteiger partial charge in [0.15, 0.2) is 0 Å². The molecule has 5 nitrogen and oxygen atoms in total. The summed E-state index contributed by atoms with van der Waals surface area (Å²) >= 11 is 13.5. The summed E-state index contributed by atoms with van der Waals surface area (Å²) in [5.41, 5.74) is 1.96. The van der Waals surface area contributed by atoms with E-state index in [0.717, 1.165) is 5.56 Å². The number of carbonyl (C=O) groups excluding carboxylic acids is 1. The Morgan fingerprint density at radius 2 is 1.76 bits per heavy atom. The van der Waals surface area contributed by atoms with Gasteiger partial charge in [-0.1, -0.05) is 47.0 Å². The van der Waals surface area contributed by atoms with Crippen molar-refractivity contribution in [2.75, 3.05) is 17.0 Å². The van der Waals surface area contributed by atoms with Crippen LogP contribution in [0.1, 0.15) is 21.5 Å². The van der Waals surface area contributed by atoms with Crippen molar-refractivity contribution in [2.45, 2.75) is 17.6 Å². The number of thioether (sulfide) groups is 1. The molecule has 0 saturated heterocycles. The minimum Gasteiger partial charge on any atom is -0.351 e. The fraction of sp³-hybridized carbons (Fsp3) is 0.174. The quantitative estimate of drug-likeness (QED) is 0.340. The molecule has 0 saturated carbocycles. The van der Waals surface area contributed by atoms with E-state index in [-0.39, 0.29) is 21.3 Å². The average molecular weight is 527 g/mol. The molecule has 0 unspecified atom stereocenters. The van der Waals surface area contributed by atoms with Crippen LogP contribution < -0.4 is 10.0 Å². The molecule has 0 heterocycles. The second-order valence-electron chi connectivity index (χ2n) is 7.13. The van der Waals surface area contributed by atoms with Crippen LogP contribution in [0.25, 0.3) is 0 Å². The van der Waals surface area contributed by atoms with E-state index in [1.54, 1.807) is 36.4 Å². The Hall–Kier alpha value is -2.26. The van der Waals surface area contributed by atoms with E-state index in [9.17, 15) is 17.6 Å². The van der Waals surface area contributed by atoms with Crippen LogP contribution in [-0.2, 0) is 15.8 Å². The van der Waals surface area contributed by atoms with Gasteiger partial charge >= 0.3 is 0 Å². The molecule has 2 N–H and O–H groups in total. The van der Waals surface area contributed by atoms with E-state index in [1.807, 2.05) is 6.92 Å². The van der Waals surface area contributed by atoms with Crippen molar-refractivity contribution in [1.82, 2.24) is 5.32 Å². The summed E-state index contributed by atoms with van der Waals surface area (Å²) in [6, 6.07) is 15.4. The molecule has 3 aromatic rings. The number of aryl methyl sites for hydroxylation is 1. The Morgan fingerprint density at radius 1 is 1.03 bits per heavy atom. The van der Waals surface area contributed by atoms with Gasteiger partial charge < -0.3 is 5.32 Å². The molecule has 0 aliphatic rings. The first kappa shape index (κ1) is 25.4. The number of anilines is 1. The molecule has 0 aliphatic carbocycles. The number of benzene rings is 3. The first-order valence-electron chi connectivity index (χ1n) is 9.85. The van der Waals surface area contributed by atoms with Gasteiger partial charge in [0.25, 0.3) is 15.9 Å².